The van der Waals surface area contributed by atoms with Crippen molar-refractivity contribution in [2.75, 3.05) is 11.4 Å². The highest BCUT2D eigenvalue weighted by Crippen LogP contribution is 2.34. The minimum Gasteiger partial charge on any atom is -0.406 e. The van der Waals surface area contributed by atoms with E-state index in [2.05, 4.69) is 29.8 Å². The maximum Gasteiger partial charge on any atom is 0.573 e. The van der Waals surface area contributed by atoms with Gasteiger partial charge in [-0.15, -0.1) is 13.2 Å². The molecule has 0 bridgehead atoms. The highest BCUT2D eigenvalue weighted by Gasteiger charge is 2.31. The number of aryl methyl sites for hydroxylation is 1. The largest absolute Gasteiger partial charge is 0.573 e. The molecule has 7 heteroatoms. The van der Waals surface area contributed by atoms with Gasteiger partial charge in [0.05, 0.1) is 6.20 Å². The van der Waals surface area contributed by atoms with E-state index in [1.165, 1.54) is 17.7 Å². The third kappa shape index (κ3) is 4.09. The summed E-state index contributed by atoms with van der Waals surface area (Å²) in [6, 6.07) is 5.88. The number of alkyl halides is 3. The van der Waals surface area contributed by atoms with Crippen LogP contribution in [0.2, 0.25) is 0 Å². The van der Waals surface area contributed by atoms with Gasteiger partial charge in [0.1, 0.15) is 5.75 Å². The van der Waals surface area contributed by atoms with Crippen LogP contribution in [0, 0.1) is 5.92 Å². The summed E-state index contributed by atoms with van der Waals surface area (Å²) in [7, 11) is 1.86. The maximum absolute atomic E-state index is 12.3. The molecule has 0 spiro atoms. The molecule has 0 N–H and O–H groups in total. The predicted molar refractivity (Wildman–Crippen MR) is 94.6 cm³/mol. The first-order chi connectivity index (χ1) is 12.2. The second kappa shape index (κ2) is 6.90. The molecule has 0 saturated carbocycles. The highest BCUT2D eigenvalue weighted by atomic mass is 19.4. The SMILES string of the molecule is CC(C)C1=CCN(c2ccc(OC(F)(F)F)cc2)C=C1c1cnn(C)c1. The first kappa shape index (κ1) is 18.1. The van der Waals surface area contributed by atoms with Gasteiger partial charge in [0.15, 0.2) is 0 Å². The molecular formula is C19H20F3N3O. The van der Waals surface area contributed by atoms with Crippen molar-refractivity contribution in [1.82, 2.24) is 9.78 Å². The highest BCUT2D eigenvalue weighted by molar-refractivity contribution is 5.82. The zero-order valence-electron chi connectivity index (χ0n) is 14.8. The van der Waals surface area contributed by atoms with Crippen LogP contribution in [0.5, 0.6) is 5.75 Å². The fourth-order valence-electron chi connectivity index (χ4n) is 2.96. The molecule has 1 aliphatic rings. The molecule has 0 atom stereocenters. The van der Waals surface area contributed by atoms with E-state index in [0.29, 0.717) is 12.5 Å². The Labute approximate surface area is 150 Å². The molecule has 0 aliphatic carbocycles. The van der Waals surface area contributed by atoms with E-state index in [1.54, 1.807) is 16.8 Å². The van der Waals surface area contributed by atoms with Crippen molar-refractivity contribution in [1.29, 1.82) is 0 Å². The fourth-order valence-corrected chi connectivity index (χ4v) is 2.96. The number of nitrogens with zero attached hydrogens (tertiary/aromatic N) is 3. The van der Waals surface area contributed by atoms with Gasteiger partial charge in [0.25, 0.3) is 0 Å². The van der Waals surface area contributed by atoms with Gasteiger partial charge in [-0.3, -0.25) is 4.68 Å². The molecule has 0 radical (unpaired) electrons. The zero-order valence-corrected chi connectivity index (χ0v) is 14.8. The van der Waals surface area contributed by atoms with Crippen LogP contribution in [0.15, 0.2) is 54.5 Å². The lowest BCUT2D eigenvalue weighted by atomic mass is 9.90. The zero-order chi connectivity index (χ0) is 18.9. The van der Waals surface area contributed by atoms with Crippen molar-refractivity contribution >= 4 is 11.3 Å². The van der Waals surface area contributed by atoms with E-state index >= 15 is 0 Å². The van der Waals surface area contributed by atoms with E-state index in [1.807, 2.05) is 30.5 Å². The molecule has 0 saturated heterocycles. The summed E-state index contributed by atoms with van der Waals surface area (Å²) < 4.78 is 42.6. The summed E-state index contributed by atoms with van der Waals surface area (Å²) in [4.78, 5) is 1.99. The Bertz CT molecular complexity index is 832. The number of halogens is 3. The lowest BCUT2D eigenvalue weighted by Gasteiger charge is -2.28. The van der Waals surface area contributed by atoms with Crippen LogP contribution in [0.25, 0.3) is 5.57 Å². The van der Waals surface area contributed by atoms with Crippen molar-refractivity contribution in [3.05, 3.63) is 60.1 Å². The number of hydrogen-bond acceptors (Lipinski definition) is 3. The summed E-state index contributed by atoms with van der Waals surface area (Å²) >= 11 is 0. The Balaban J connectivity index is 1.88. The number of hydrogen-bond donors (Lipinski definition) is 0. The minimum absolute atomic E-state index is 0.229. The smallest absolute Gasteiger partial charge is 0.406 e. The van der Waals surface area contributed by atoms with Gasteiger partial charge in [-0.2, -0.15) is 5.10 Å². The number of aromatic nitrogens is 2. The van der Waals surface area contributed by atoms with Gasteiger partial charge in [-0.1, -0.05) is 19.9 Å². The Kier molecular flexibility index (Phi) is 4.80. The third-order valence-corrected chi connectivity index (χ3v) is 4.14. The summed E-state index contributed by atoms with van der Waals surface area (Å²) in [5.41, 5.74) is 4.09. The second-order valence-electron chi connectivity index (χ2n) is 6.45. The Morgan fingerprint density at radius 3 is 2.38 bits per heavy atom. The molecule has 0 amide bonds. The van der Waals surface area contributed by atoms with Gasteiger partial charge in [0.2, 0.25) is 0 Å². The number of ether oxygens (including phenoxy) is 1. The molecule has 1 aromatic heterocycles. The van der Waals surface area contributed by atoms with Crippen LogP contribution in [0.4, 0.5) is 18.9 Å². The monoisotopic (exact) mass is 363 g/mol. The summed E-state index contributed by atoms with van der Waals surface area (Å²) in [5, 5.41) is 4.24. The molecule has 0 unspecified atom stereocenters. The van der Waals surface area contributed by atoms with Crippen LogP contribution < -0.4 is 9.64 Å². The van der Waals surface area contributed by atoms with Gasteiger partial charge in [-0.25, -0.2) is 0 Å². The molecule has 0 fully saturated rings. The molecular weight excluding hydrogens is 343 g/mol. The topological polar surface area (TPSA) is 30.3 Å². The lowest BCUT2D eigenvalue weighted by Crippen LogP contribution is -2.22. The molecule has 2 heterocycles. The average molecular weight is 363 g/mol. The quantitative estimate of drug-likeness (QED) is 0.784. The Morgan fingerprint density at radius 1 is 1.15 bits per heavy atom. The lowest BCUT2D eigenvalue weighted by molar-refractivity contribution is -0.274. The minimum atomic E-state index is -4.69. The fraction of sp³-hybridized carbons (Fsp3) is 0.316. The van der Waals surface area contributed by atoms with Crippen LogP contribution in [0.3, 0.4) is 0 Å². The number of rotatable bonds is 4. The van der Waals surface area contributed by atoms with E-state index in [-0.39, 0.29) is 5.75 Å². The van der Waals surface area contributed by atoms with E-state index < -0.39 is 6.36 Å². The maximum atomic E-state index is 12.3. The normalized spacial score (nSPS) is 15.1. The van der Waals surface area contributed by atoms with Gasteiger partial charge in [-0.05, 0) is 35.8 Å². The number of anilines is 1. The molecule has 26 heavy (non-hydrogen) atoms. The molecule has 4 nitrogen and oxygen atoms in total. The van der Waals surface area contributed by atoms with Crippen LogP contribution in [-0.4, -0.2) is 22.7 Å². The number of benzene rings is 1. The van der Waals surface area contributed by atoms with Crippen LogP contribution >= 0.6 is 0 Å². The van der Waals surface area contributed by atoms with Crippen molar-refractivity contribution in [2.45, 2.75) is 20.2 Å². The molecule has 2 aromatic rings. The Hall–Kier alpha value is -2.70. The average Bonchev–Trinajstić information content (AvgIpc) is 3.00. The third-order valence-electron chi connectivity index (χ3n) is 4.14. The van der Waals surface area contributed by atoms with Crippen molar-refractivity contribution in [3.8, 4) is 5.75 Å². The van der Waals surface area contributed by atoms with Crippen molar-refractivity contribution < 1.29 is 17.9 Å². The van der Waals surface area contributed by atoms with Gasteiger partial charge < -0.3 is 9.64 Å². The predicted octanol–water partition coefficient (Wildman–Crippen LogP) is 4.76. The molecule has 1 aromatic carbocycles. The summed E-state index contributed by atoms with van der Waals surface area (Å²) in [6.07, 6.45) is 3.24. The number of allylic oxidation sites excluding steroid dienone is 2. The van der Waals surface area contributed by atoms with E-state index in [9.17, 15) is 13.2 Å². The van der Waals surface area contributed by atoms with Crippen molar-refractivity contribution in [2.24, 2.45) is 13.0 Å². The van der Waals surface area contributed by atoms with Gasteiger partial charge in [0, 0.05) is 42.8 Å². The standard InChI is InChI=1S/C19H20F3N3O/c1-13(2)17-8-9-25(12-18(17)14-10-23-24(3)11-14)15-4-6-16(7-5-15)26-19(20,21)22/h4-8,10-13H,9H2,1-3H3. The second-order valence-corrected chi connectivity index (χ2v) is 6.45. The molecule has 1 aliphatic heterocycles. The first-order valence-corrected chi connectivity index (χ1v) is 8.26. The summed E-state index contributed by atoms with van der Waals surface area (Å²) in [5.74, 6) is 0.124. The van der Waals surface area contributed by atoms with Gasteiger partial charge >= 0.3 is 6.36 Å². The van der Waals surface area contributed by atoms with Crippen LogP contribution in [-0.2, 0) is 7.05 Å². The molecule has 3 rings (SSSR count). The van der Waals surface area contributed by atoms with Crippen molar-refractivity contribution in [3.63, 3.8) is 0 Å². The Morgan fingerprint density at radius 2 is 1.85 bits per heavy atom. The molecule has 138 valence electrons. The summed E-state index contributed by atoms with van der Waals surface area (Å²) in [6.45, 7) is 4.92. The van der Waals surface area contributed by atoms with Crippen LogP contribution in [0.1, 0.15) is 19.4 Å². The van der Waals surface area contributed by atoms with E-state index in [0.717, 1.165) is 16.8 Å². The van der Waals surface area contributed by atoms with E-state index in [4.69, 9.17) is 0 Å². The first-order valence-electron chi connectivity index (χ1n) is 8.26.